The lowest BCUT2D eigenvalue weighted by Gasteiger charge is -2.34. The Kier molecular flexibility index (Phi) is 6.31. The summed E-state index contributed by atoms with van der Waals surface area (Å²) in [5, 5.41) is 21.1. The van der Waals surface area contributed by atoms with Crippen LogP contribution in [0.15, 0.2) is 43.1 Å². The van der Waals surface area contributed by atoms with Gasteiger partial charge >= 0.3 is 0 Å². The third kappa shape index (κ3) is 5.31. The van der Waals surface area contributed by atoms with Crippen LogP contribution in [0.5, 0.6) is 0 Å². The molecule has 4 aromatic heterocycles. The Labute approximate surface area is 238 Å². The molecule has 214 valence electrons. The molecule has 0 saturated heterocycles. The van der Waals surface area contributed by atoms with Crippen LogP contribution in [0.3, 0.4) is 0 Å². The predicted octanol–water partition coefficient (Wildman–Crippen LogP) is 3.73. The monoisotopic (exact) mass is 575 g/mol. The summed E-state index contributed by atoms with van der Waals surface area (Å²) in [5.74, 6) is 2.59. The number of aryl methyl sites for hydroxylation is 2. The minimum absolute atomic E-state index is 0.229. The summed E-state index contributed by atoms with van der Waals surface area (Å²) in [6, 6.07) is 3.93. The molecule has 7 rings (SSSR count). The summed E-state index contributed by atoms with van der Waals surface area (Å²) in [5.41, 5.74) is 2.66. The lowest BCUT2D eigenvalue weighted by atomic mass is 9.83. The Morgan fingerprint density at radius 2 is 1.88 bits per heavy atom. The van der Waals surface area contributed by atoms with Gasteiger partial charge in [0.15, 0.2) is 5.82 Å². The average molecular weight is 576 g/mol. The number of anilines is 3. The fourth-order valence-electron chi connectivity index (χ4n) is 5.61. The number of pyridine rings is 1. The van der Waals surface area contributed by atoms with Gasteiger partial charge in [-0.1, -0.05) is 0 Å². The lowest BCUT2D eigenvalue weighted by molar-refractivity contribution is 0.0196. The second-order valence-electron chi connectivity index (χ2n) is 11.6. The Morgan fingerprint density at radius 1 is 1.05 bits per heavy atom. The van der Waals surface area contributed by atoms with E-state index < -0.39 is 15.6 Å². The van der Waals surface area contributed by atoms with E-state index in [2.05, 4.69) is 41.4 Å². The van der Waals surface area contributed by atoms with E-state index in [-0.39, 0.29) is 11.3 Å². The maximum atomic E-state index is 12.5. The zero-order valence-corrected chi connectivity index (χ0v) is 23.7. The van der Waals surface area contributed by atoms with E-state index >= 15 is 0 Å². The van der Waals surface area contributed by atoms with Gasteiger partial charge in [0.05, 0.1) is 34.5 Å². The second-order valence-corrected chi connectivity index (χ2v) is 13.7. The molecule has 0 spiro atoms. The molecular weight excluding hydrogens is 542 g/mol. The zero-order chi connectivity index (χ0) is 28.2. The highest BCUT2D eigenvalue weighted by Crippen LogP contribution is 2.35. The number of hydrogen-bond donors (Lipinski definition) is 3. The van der Waals surface area contributed by atoms with Gasteiger partial charge in [0.2, 0.25) is 0 Å². The molecule has 13 heteroatoms. The number of aliphatic hydroxyl groups is 1. The van der Waals surface area contributed by atoms with Gasteiger partial charge in [0, 0.05) is 54.9 Å². The fourth-order valence-corrected chi connectivity index (χ4v) is 7.09. The van der Waals surface area contributed by atoms with E-state index in [1.54, 1.807) is 12.3 Å². The zero-order valence-electron chi connectivity index (χ0n) is 22.9. The van der Waals surface area contributed by atoms with Crippen LogP contribution < -0.4 is 10.6 Å². The molecule has 0 unspecified atom stereocenters. The molecule has 0 aromatic carbocycles. The maximum Gasteiger partial charge on any atom is 0.256 e. The molecule has 2 aliphatic carbocycles. The van der Waals surface area contributed by atoms with Crippen molar-refractivity contribution in [2.75, 3.05) is 10.6 Å². The van der Waals surface area contributed by atoms with Gasteiger partial charge in [0.1, 0.15) is 17.5 Å². The van der Waals surface area contributed by atoms with Crippen LogP contribution in [-0.4, -0.2) is 64.1 Å². The first-order valence-electron chi connectivity index (χ1n) is 14.2. The van der Waals surface area contributed by atoms with Gasteiger partial charge in [-0.25, -0.2) is 28.4 Å². The Morgan fingerprint density at radius 3 is 2.66 bits per heavy atom. The fraction of sp³-hybridized carbons (Fsp3) is 0.464. The number of imidazole rings is 1. The molecule has 1 aliphatic heterocycles. The van der Waals surface area contributed by atoms with E-state index in [9.17, 15) is 13.5 Å². The second kappa shape index (κ2) is 9.91. The lowest BCUT2D eigenvalue weighted by Crippen LogP contribution is -2.35. The van der Waals surface area contributed by atoms with Gasteiger partial charge < -0.3 is 20.3 Å². The van der Waals surface area contributed by atoms with Crippen LogP contribution in [0.25, 0.3) is 22.6 Å². The normalized spacial score (nSPS) is 22.4. The minimum Gasteiger partial charge on any atom is -0.390 e. The van der Waals surface area contributed by atoms with E-state index in [0.717, 1.165) is 71.9 Å². The summed E-state index contributed by atoms with van der Waals surface area (Å²) in [4.78, 5) is 18.5. The van der Waals surface area contributed by atoms with Crippen molar-refractivity contribution < 1.29 is 13.5 Å². The van der Waals surface area contributed by atoms with Crippen molar-refractivity contribution in [3.63, 3.8) is 0 Å². The van der Waals surface area contributed by atoms with Gasteiger partial charge in [0.25, 0.3) is 10.0 Å². The third-order valence-electron chi connectivity index (χ3n) is 8.20. The predicted molar refractivity (Wildman–Crippen MR) is 154 cm³/mol. The molecular formula is C28H33N9O3S. The summed E-state index contributed by atoms with van der Waals surface area (Å²) in [7, 11) is -3.46. The van der Waals surface area contributed by atoms with E-state index in [1.165, 1.54) is 12.4 Å². The Hall–Kier alpha value is -3.84. The maximum absolute atomic E-state index is 12.5. The van der Waals surface area contributed by atoms with Crippen LogP contribution in [0.4, 0.5) is 17.3 Å². The molecule has 2 saturated carbocycles. The number of nitrogens with one attached hydrogen (secondary N) is 2. The van der Waals surface area contributed by atoms with Gasteiger partial charge in [-0.3, -0.25) is 0 Å². The number of aromatic nitrogens is 7. The first kappa shape index (κ1) is 26.1. The topological polar surface area (TPSA) is 153 Å². The average Bonchev–Trinajstić information content (AvgIpc) is 3.34. The number of rotatable bonds is 8. The third-order valence-corrected chi connectivity index (χ3v) is 10.2. The summed E-state index contributed by atoms with van der Waals surface area (Å²) < 4.78 is 28.3. The first-order valence-corrected chi connectivity index (χ1v) is 15.7. The van der Waals surface area contributed by atoms with Crippen LogP contribution in [0.1, 0.15) is 57.7 Å². The van der Waals surface area contributed by atoms with Crippen molar-refractivity contribution in [1.82, 2.24) is 33.7 Å². The van der Waals surface area contributed by atoms with Crippen molar-refractivity contribution >= 4 is 27.3 Å². The van der Waals surface area contributed by atoms with Gasteiger partial charge in [-0.2, -0.15) is 9.19 Å². The van der Waals surface area contributed by atoms with Crippen LogP contribution in [-0.2, 0) is 23.0 Å². The molecule has 0 radical (unpaired) electrons. The molecule has 2 fully saturated rings. The van der Waals surface area contributed by atoms with Crippen LogP contribution in [0, 0.1) is 0 Å². The highest BCUT2D eigenvalue weighted by molar-refractivity contribution is 7.90. The largest absolute Gasteiger partial charge is 0.390 e. The molecule has 0 bridgehead atoms. The Bertz CT molecular complexity index is 1680. The van der Waals surface area contributed by atoms with E-state index in [1.807, 2.05) is 19.2 Å². The molecule has 0 amide bonds. The molecule has 3 N–H and O–H groups in total. The number of nitrogens with zero attached hydrogens (tertiary/aromatic N) is 7. The molecule has 12 nitrogen and oxygen atoms in total. The summed E-state index contributed by atoms with van der Waals surface area (Å²) in [6.45, 7) is 2.89. The van der Waals surface area contributed by atoms with E-state index in [0.29, 0.717) is 35.9 Å². The standard InChI is InChI=1S/C28H33N9O3S/c1-28(38)9-6-19(7-10-28)32-22-13-25(30-15-21(22)23-17-36-12-2-3-26(36)33-23)34-24-8-11-29-27(35-24)18-14-31-37(16-18)41(39,40)20-4-5-20/h8,11,13-17,19-20,38H,2-7,9-10,12H2,1H3,(H2,29,30,32,34,35). The Balaban J connectivity index is 1.15. The summed E-state index contributed by atoms with van der Waals surface area (Å²) in [6.07, 6.45) is 15.2. The van der Waals surface area contributed by atoms with Crippen molar-refractivity contribution in [3.8, 4) is 22.6 Å². The van der Waals surface area contributed by atoms with Crippen molar-refractivity contribution in [2.45, 2.75) is 81.7 Å². The van der Waals surface area contributed by atoms with Crippen molar-refractivity contribution in [1.29, 1.82) is 0 Å². The SMILES string of the molecule is CC1(O)CCC(Nc2cc(Nc3ccnc(-c4cnn(S(=O)(=O)C5CC5)c4)n3)ncc2-c2cn3c(n2)CCC3)CC1. The van der Waals surface area contributed by atoms with Gasteiger partial charge in [-0.15, -0.1) is 0 Å². The van der Waals surface area contributed by atoms with Crippen molar-refractivity contribution in [2.24, 2.45) is 0 Å². The smallest absolute Gasteiger partial charge is 0.256 e. The number of fused-ring (bicyclic) bond motifs is 1. The quantitative estimate of drug-likeness (QED) is 0.283. The number of hydrogen-bond acceptors (Lipinski definition) is 10. The molecule has 3 aliphatic rings. The molecule has 4 aromatic rings. The molecule has 5 heterocycles. The van der Waals surface area contributed by atoms with Gasteiger partial charge in [-0.05, 0) is 57.9 Å². The van der Waals surface area contributed by atoms with E-state index in [4.69, 9.17) is 4.98 Å². The molecule has 0 atom stereocenters. The highest BCUT2D eigenvalue weighted by atomic mass is 32.2. The van der Waals surface area contributed by atoms with Crippen LogP contribution in [0.2, 0.25) is 0 Å². The van der Waals surface area contributed by atoms with Crippen molar-refractivity contribution in [3.05, 3.63) is 48.9 Å². The summed E-state index contributed by atoms with van der Waals surface area (Å²) >= 11 is 0. The first-order chi connectivity index (χ1) is 19.7. The highest BCUT2D eigenvalue weighted by Gasteiger charge is 2.37. The molecule has 41 heavy (non-hydrogen) atoms. The minimum atomic E-state index is -3.46. The van der Waals surface area contributed by atoms with Crippen LogP contribution >= 0.6 is 0 Å².